The standard InChI is InChI=1S/C23H33FN4/c1-26(15-16-27-11-3-2-4-12-27)18-19-8-13-28(14-9-19)23-7-10-25-22-6-5-20(24)17-21(22)23/h5-7,10,17,19H,2-4,8-9,11-16,18H2,1H3. The normalized spacial score (nSPS) is 19.6. The van der Waals surface area contributed by atoms with Crippen LogP contribution in [0.15, 0.2) is 30.5 Å². The fourth-order valence-electron chi connectivity index (χ4n) is 4.76. The van der Waals surface area contributed by atoms with E-state index < -0.39 is 0 Å². The Labute approximate surface area is 168 Å². The van der Waals surface area contributed by atoms with Crippen molar-refractivity contribution in [3.63, 3.8) is 0 Å². The molecule has 5 heteroatoms. The zero-order chi connectivity index (χ0) is 19.3. The fraction of sp³-hybridized carbons (Fsp3) is 0.609. The number of fused-ring (bicyclic) bond motifs is 1. The average molecular weight is 385 g/mol. The van der Waals surface area contributed by atoms with Crippen molar-refractivity contribution in [3.8, 4) is 0 Å². The maximum Gasteiger partial charge on any atom is 0.124 e. The van der Waals surface area contributed by atoms with Crippen LogP contribution in [0.25, 0.3) is 10.9 Å². The van der Waals surface area contributed by atoms with Crippen LogP contribution in [0.3, 0.4) is 0 Å². The number of likely N-dealkylation sites (N-methyl/N-ethyl adjacent to an activating group) is 1. The minimum atomic E-state index is -0.188. The van der Waals surface area contributed by atoms with Crippen LogP contribution in [0, 0.1) is 11.7 Å². The lowest BCUT2D eigenvalue weighted by molar-refractivity contribution is 0.180. The molecule has 0 amide bonds. The molecular formula is C23H33FN4. The number of nitrogens with zero attached hydrogens (tertiary/aromatic N) is 4. The van der Waals surface area contributed by atoms with Crippen LogP contribution in [0.1, 0.15) is 32.1 Å². The van der Waals surface area contributed by atoms with Crippen LogP contribution in [0.5, 0.6) is 0 Å². The number of pyridine rings is 1. The first-order chi connectivity index (χ1) is 13.7. The van der Waals surface area contributed by atoms with Gasteiger partial charge in [0, 0.05) is 50.0 Å². The van der Waals surface area contributed by atoms with Gasteiger partial charge in [0.2, 0.25) is 0 Å². The van der Waals surface area contributed by atoms with E-state index in [0.717, 1.165) is 35.6 Å². The van der Waals surface area contributed by atoms with Gasteiger partial charge in [0.05, 0.1) is 5.52 Å². The van der Waals surface area contributed by atoms with E-state index in [1.165, 1.54) is 70.9 Å². The van der Waals surface area contributed by atoms with E-state index in [2.05, 4.69) is 26.7 Å². The molecule has 1 aromatic carbocycles. The van der Waals surface area contributed by atoms with Crippen LogP contribution in [0.2, 0.25) is 0 Å². The lowest BCUT2D eigenvalue weighted by Gasteiger charge is -2.36. The van der Waals surface area contributed by atoms with Gasteiger partial charge in [-0.15, -0.1) is 0 Å². The molecule has 2 fully saturated rings. The van der Waals surface area contributed by atoms with E-state index >= 15 is 0 Å². The van der Waals surface area contributed by atoms with Gasteiger partial charge in [0.25, 0.3) is 0 Å². The van der Waals surface area contributed by atoms with Crippen LogP contribution in [0.4, 0.5) is 10.1 Å². The van der Waals surface area contributed by atoms with Gasteiger partial charge in [-0.05, 0) is 76.0 Å². The molecule has 0 aliphatic carbocycles. The first-order valence-electron chi connectivity index (χ1n) is 10.9. The molecule has 0 radical (unpaired) electrons. The Bertz CT molecular complexity index is 766. The van der Waals surface area contributed by atoms with Crippen molar-refractivity contribution in [2.24, 2.45) is 5.92 Å². The molecule has 0 N–H and O–H groups in total. The van der Waals surface area contributed by atoms with E-state index in [1.54, 1.807) is 12.1 Å². The number of piperidine rings is 2. The largest absolute Gasteiger partial charge is 0.371 e. The summed E-state index contributed by atoms with van der Waals surface area (Å²) < 4.78 is 13.7. The molecule has 0 bridgehead atoms. The Balaban J connectivity index is 1.28. The van der Waals surface area contributed by atoms with Crippen molar-refractivity contribution in [2.75, 3.05) is 57.8 Å². The molecule has 0 spiro atoms. The lowest BCUT2D eigenvalue weighted by Crippen LogP contribution is -2.41. The SMILES string of the molecule is CN(CCN1CCCCC1)CC1CCN(c2ccnc3ccc(F)cc23)CC1. The second kappa shape index (κ2) is 9.19. The van der Waals surface area contributed by atoms with Gasteiger partial charge in [-0.1, -0.05) is 6.42 Å². The molecular weight excluding hydrogens is 351 g/mol. The molecule has 0 saturated carbocycles. The molecule has 2 aliphatic heterocycles. The quantitative estimate of drug-likeness (QED) is 0.751. The summed E-state index contributed by atoms with van der Waals surface area (Å²) in [4.78, 5) is 11.9. The van der Waals surface area contributed by atoms with E-state index in [-0.39, 0.29) is 5.82 Å². The van der Waals surface area contributed by atoms with Crippen molar-refractivity contribution >= 4 is 16.6 Å². The molecule has 1 aromatic heterocycles. The molecule has 2 saturated heterocycles. The zero-order valence-electron chi connectivity index (χ0n) is 17.1. The second-order valence-electron chi connectivity index (χ2n) is 8.59. The minimum absolute atomic E-state index is 0.188. The van der Waals surface area contributed by atoms with Crippen molar-refractivity contribution in [3.05, 3.63) is 36.3 Å². The van der Waals surface area contributed by atoms with E-state index in [4.69, 9.17) is 0 Å². The highest BCUT2D eigenvalue weighted by atomic mass is 19.1. The molecule has 28 heavy (non-hydrogen) atoms. The summed E-state index contributed by atoms with van der Waals surface area (Å²) in [6.07, 6.45) is 8.40. The molecule has 4 nitrogen and oxygen atoms in total. The van der Waals surface area contributed by atoms with Gasteiger partial charge >= 0.3 is 0 Å². The highest BCUT2D eigenvalue weighted by Gasteiger charge is 2.22. The van der Waals surface area contributed by atoms with Gasteiger partial charge in [-0.3, -0.25) is 4.98 Å². The summed E-state index contributed by atoms with van der Waals surface area (Å²) in [6, 6.07) is 6.92. The summed E-state index contributed by atoms with van der Waals surface area (Å²) in [5, 5.41) is 0.930. The van der Waals surface area contributed by atoms with Gasteiger partial charge in [0.1, 0.15) is 5.82 Å². The van der Waals surface area contributed by atoms with E-state index in [1.807, 2.05) is 12.3 Å². The van der Waals surface area contributed by atoms with Crippen molar-refractivity contribution in [2.45, 2.75) is 32.1 Å². The maximum atomic E-state index is 13.7. The zero-order valence-corrected chi connectivity index (χ0v) is 17.1. The number of rotatable bonds is 6. The van der Waals surface area contributed by atoms with Gasteiger partial charge in [-0.2, -0.15) is 0 Å². The Morgan fingerprint density at radius 1 is 1.07 bits per heavy atom. The topological polar surface area (TPSA) is 22.6 Å². The van der Waals surface area contributed by atoms with Crippen LogP contribution < -0.4 is 4.90 Å². The monoisotopic (exact) mass is 384 g/mol. The number of anilines is 1. The first-order valence-corrected chi connectivity index (χ1v) is 10.9. The minimum Gasteiger partial charge on any atom is -0.371 e. The second-order valence-corrected chi connectivity index (χ2v) is 8.59. The predicted molar refractivity (Wildman–Crippen MR) is 114 cm³/mol. The summed E-state index contributed by atoms with van der Waals surface area (Å²) in [7, 11) is 2.27. The van der Waals surface area contributed by atoms with Gasteiger partial charge in [-0.25, -0.2) is 4.39 Å². The third-order valence-electron chi connectivity index (χ3n) is 6.45. The average Bonchev–Trinajstić information content (AvgIpc) is 2.73. The molecule has 4 rings (SSSR count). The first kappa shape index (κ1) is 19.6. The summed E-state index contributed by atoms with van der Waals surface area (Å²) in [6.45, 7) is 8.23. The third kappa shape index (κ3) is 4.81. The van der Waals surface area contributed by atoms with Crippen molar-refractivity contribution < 1.29 is 4.39 Å². The molecule has 152 valence electrons. The Hall–Kier alpha value is -1.72. The Kier molecular flexibility index (Phi) is 6.43. The van der Waals surface area contributed by atoms with E-state index in [0.29, 0.717) is 0 Å². The van der Waals surface area contributed by atoms with Crippen LogP contribution in [-0.4, -0.2) is 67.6 Å². The van der Waals surface area contributed by atoms with E-state index in [9.17, 15) is 4.39 Å². The number of aromatic nitrogens is 1. The molecule has 2 aromatic rings. The highest BCUT2D eigenvalue weighted by Crippen LogP contribution is 2.30. The smallest absolute Gasteiger partial charge is 0.124 e. The number of benzene rings is 1. The lowest BCUT2D eigenvalue weighted by atomic mass is 9.95. The molecule has 0 unspecified atom stereocenters. The van der Waals surface area contributed by atoms with Gasteiger partial charge < -0.3 is 14.7 Å². The molecule has 0 atom stereocenters. The highest BCUT2D eigenvalue weighted by molar-refractivity contribution is 5.91. The Morgan fingerprint density at radius 2 is 1.86 bits per heavy atom. The molecule has 3 heterocycles. The predicted octanol–water partition coefficient (Wildman–Crippen LogP) is 4.01. The summed E-state index contributed by atoms with van der Waals surface area (Å²) >= 11 is 0. The number of hydrogen-bond donors (Lipinski definition) is 0. The fourth-order valence-corrected chi connectivity index (χ4v) is 4.76. The maximum absolute atomic E-state index is 13.7. The van der Waals surface area contributed by atoms with Crippen LogP contribution in [-0.2, 0) is 0 Å². The van der Waals surface area contributed by atoms with Crippen molar-refractivity contribution in [1.82, 2.24) is 14.8 Å². The summed E-state index contributed by atoms with van der Waals surface area (Å²) in [5.41, 5.74) is 2.00. The number of likely N-dealkylation sites (tertiary alicyclic amines) is 1. The van der Waals surface area contributed by atoms with Crippen molar-refractivity contribution in [1.29, 1.82) is 0 Å². The summed E-state index contributed by atoms with van der Waals surface area (Å²) in [5.74, 6) is 0.569. The Morgan fingerprint density at radius 3 is 2.64 bits per heavy atom. The van der Waals surface area contributed by atoms with Crippen LogP contribution >= 0.6 is 0 Å². The number of halogens is 1. The number of hydrogen-bond acceptors (Lipinski definition) is 4. The molecule has 2 aliphatic rings. The van der Waals surface area contributed by atoms with Gasteiger partial charge in [0.15, 0.2) is 0 Å². The third-order valence-corrected chi connectivity index (χ3v) is 6.45.